The van der Waals surface area contributed by atoms with Crippen LogP contribution in [0.25, 0.3) is 11.5 Å². The van der Waals surface area contributed by atoms with E-state index in [0.717, 1.165) is 30.9 Å². The SMILES string of the molecule is CC1(c2noc(-c3cccc4c3CCNC4)n2)CC1. The fourth-order valence-corrected chi connectivity index (χ4v) is 2.72. The van der Waals surface area contributed by atoms with Crippen LogP contribution in [0.3, 0.4) is 0 Å². The Balaban J connectivity index is 1.78. The van der Waals surface area contributed by atoms with Crippen molar-refractivity contribution in [3.8, 4) is 11.5 Å². The highest BCUT2D eigenvalue weighted by molar-refractivity contribution is 5.61. The molecule has 4 nitrogen and oxygen atoms in total. The fraction of sp³-hybridized carbons (Fsp3) is 0.467. The van der Waals surface area contributed by atoms with E-state index in [9.17, 15) is 0 Å². The van der Waals surface area contributed by atoms with Crippen LogP contribution >= 0.6 is 0 Å². The van der Waals surface area contributed by atoms with E-state index in [4.69, 9.17) is 4.52 Å². The zero-order valence-corrected chi connectivity index (χ0v) is 11.1. The van der Waals surface area contributed by atoms with Crippen molar-refractivity contribution < 1.29 is 4.52 Å². The summed E-state index contributed by atoms with van der Waals surface area (Å²) in [7, 11) is 0. The van der Waals surface area contributed by atoms with Gasteiger partial charge in [-0.2, -0.15) is 4.98 Å². The molecule has 0 saturated heterocycles. The molecule has 2 heterocycles. The van der Waals surface area contributed by atoms with Crippen LogP contribution in [0.4, 0.5) is 0 Å². The summed E-state index contributed by atoms with van der Waals surface area (Å²) in [6, 6.07) is 6.34. The lowest BCUT2D eigenvalue weighted by molar-refractivity contribution is 0.415. The third kappa shape index (κ3) is 1.78. The summed E-state index contributed by atoms with van der Waals surface area (Å²) in [5.74, 6) is 1.55. The summed E-state index contributed by atoms with van der Waals surface area (Å²) in [5, 5.41) is 7.57. The molecule has 1 aromatic heterocycles. The second kappa shape index (κ2) is 3.90. The third-order valence-electron chi connectivity index (χ3n) is 4.34. The smallest absolute Gasteiger partial charge is 0.258 e. The van der Waals surface area contributed by atoms with Gasteiger partial charge in [0.05, 0.1) is 0 Å². The molecule has 1 aliphatic carbocycles. The molecule has 1 fully saturated rings. The fourth-order valence-electron chi connectivity index (χ4n) is 2.72. The summed E-state index contributed by atoms with van der Waals surface area (Å²) < 4.78 is 5.50. The summed E-state index contributed by atoms with van der Waals surface area (Å²) >= 11 is 0. The highest BCUT2D eigenvalue weighted by Crippen LogP contribution is 2.46. The summed E-state index contributed by atoms with van der Waals surface area (Å²) in [6.07, 6.45) is 3.37. The van der Waals surface area contributed by atoms with Gasteiger partial charge in [-0.25, -0.2) is 0 Å². The van der Waals surface area contributed by atoms with Gasteiger partial charge in [0.1, 0.15) is 0 Å². The average molecular weight is 255 g/mol. The summed E-state index contributed by atoms with van der Waals surface area (Å²) in [4.78, 5) is 4.62. The maximum absolute atomic E-state index is 5.50. The van der Waals surface area contributed by atoms with Crippen molar-refractivity contribution in [2.45, 2.75) is 38.1 Å². The minimum atomic E-state index is 0.165. The number of fused-ring (bicyclic) bond motifs is 1. The highest BCUT2D eigenvalue weighted by atomic mass is 16.5. The van der Waals surface area contributed by atoms with Crippen molar-refractivity contribution in [3.63, 3.8) is 0 Å². The van der Waals surface area contributed by atoms with Crippen LogP contribution in [-0.4, -0.2) is 16.7 Å². The maximum atomic E-state index is 5.50. The molecule has 2 aromatic rings. The molecule has 0 spiro atoms. The normalized spacial score (nSPS) is 20.1. The number of benzene rings is 1. The Morgan fingerprint density at radius 3 is 3.05 bits per heavy atom. The first-order chi connectivity index (χ1) is 9.26. The summed E-state index contributed by atoms with van der Waals surface area (Å²) in [6.45, 7) is 4.15. The number of aromatic nitrogens is 2. The lowest BCUT2D eigenvalue weighted by Gasteiger charge is -2.18. The van der Waals surface area contributed by atoms with Crippen LogP contribution in [0, 0.1) is 0 Å². The molecule has 1 saturated carbocycles. The van der Waals surface area contributed by atoms with Gasteiger partial charge in [0.2, 0.25) is 0 Å². The molecule has 0 atom stereocenters. The second-order valence-corrected chi connectivity index (χ2v) is 5.85. The molecule has 1 aromatic carbocycles. The minimum absolute atomic E-state index is 0.165. The Bertz CT molecular complexity index is 628. The van der Waals surface area contributed by atoms with E-state index in [-0.39, 0.29) is 5.41 Å². The van der Waals surface area contributed by atoms with Crippen LogP contribution in [-0.2, 0) is 18.4 Å². The van der Waals surface area contributed by atoms with Gasteiger partial charge in [-0.05, 0) is 43.0 Å². The van der Waals surface area contributed by atoms with Crippen molar-refractivity contribution >= 4 is 0 Å². The zero-order valence-electron chi connectivity index (χ0n) is 11.1. The number of rotatable bonds is 2. The van der Waals surface area contributed by atoms with Crippen molar-refractivity contribution in [2.24, 2.45) is 0 Å². The van der Waals surface area contributed by atoms with Gasteiger partial charge >= 0.3 is 0 Å². The Hall–Kier alpha value is -1.68. The van der Waals surface area contributed by atoms with Crippen molar-refractivity contribution in [1.29, 1.82) is 0 Å². The number of nitrogens with one attached hydrogen (secondary N) is 1. The number of nitrogens with zero attached hydrogens (tertiary/aromatic N) is 2. The van der Waals surface area contributed by atoms with Crippen LogP contribution in [0.15, 0.2) is 22.7 Å². The van der Waals surface area contributed by atoms with Crippen LogP contribution in [0.5, 0.6) is 0 Å². The molecule has 1 aliphatic heterocycles. The van der Waals surface area contributed by atoms with Gasteiger partial charge in [0.25, 0.3) is 5.89 Å². The molecule has 1 N–H and O–H groups in total. The minimum Gasteiger partial charge on any atom is -0.334 e. The highest BCUT2D eigenvalue weighted by Gasteiger charge is 2.43. The van der Waals surface area contributed by atoms with Gasteiger partial charge in [0, 0.05) is 17.5 Å². The largest absolute Gasteiger partial charge is 0.334 e. The zero-order chi connectivity index (χ0) is 12.9. The Morgan fingerprint density at radius 1 is 1.32 bits per heavy atom. The quantitative estimate of drug-likeness (QED) is 0.895. The van der Waals surface area contributed by atoms with E-state index in [1.165, 1.54) is 24.0 Å². The van der Waals surface area contributed by atoms with Gasteiger partial charge in [0.15, 0.2) is 5.82 Å². The van der Waals surface area contributed by atoms with E-state index in [0.29, 0.717) is 5.89 Å². The van der Waals surface area contributed by atoms with Crippen LogP contribution < -0.4 is 5.32 Å². The molecule has 2 aliphatic rings. The summed E-state index contributed by atoms with van der Waals surface area (Å²) in [5.41, 5.74) is 3.98. The number of hydrogen-bond donors (Lipinski definition) is 1. The molecular formula is C15H17N3O. The van der Waals surface area contributed by atoms with Crippen LogP contribution in [0.1, 0.15) is 36.7 Å². The predicted octanol–water partition coefficient (Wildman–Crippen LogP) is 2.43. The third-order valence-corrected chi connectivity index (χ3v) is 4.34. The lowest BCUT2D eigenvalue weighted by atomic mass is 9.95. The molecule has 98 valence electrons. The van der Waals surface area contributed by atoms with E-state index < -0.39 is 0 Å². The first-order valence-corrected chi connectivity index (χ1v) is 6.92. The van der Waals surface area contributed by atoms with Gasteiger partial charge < -0.3 is 9.84 Å². The maximum Gasteiger partial charge on any atom is 0.258 e. The van der Waals surface area contributed by atoms with Crippen molar-refractivity contribution in [1.82, 2.24) is 15.5 Å². The topological polar surface area (TPSA) is 51.0 Å². The first kappa shape index (κ1) is 11.2. The van der Waals surface area contributed by atoms with E-state index in [2.05, 4.69) is 40.6 Å². The van der Waals surface area contributed by atoms with E-state index >= 15 is 0 Å². The first-order valence-electron chi connectivity index (χ1n) is 6.92. The van der Waals surface area contributed by atoms with Gasteiger partial charge in [-0.15, -0.1) is 0 Å². The van der Waals surface area contributed by atoms with Crippen molar-refractivity contribution in [2.75, 3.05) is 6.54 Å². The molecule has 0 amide bonds. The Morgan fingerprint density at radius 2 is 2.21 bits per heavy atom. The Labute approximate surface area is 112 Å². The molecule has 0 bridgehead atoms. The van der Waals surface area contributed by atoms with Gasteiger partial charge in [-0.1, -0.05) is 24.2 Å². The molecule has 19 heavy (non-hydrogen) atoms. The lowest BCUT2D eigenvalue weighted by Crippen LogP contribution is -2.24. The Kier molecular flexibility index (Phi) is 2.30. The molecule has 0 radical (unpaired) electrons. The van der Waals surface area contributed by atoms with Crippen molar-refractivity contribution in [3.05, 3.63) is 35.2 Å². The van der Waals surface area contributed by atoms with Gasteiger partial charge in [-0.3, -0.25) is 0 Å². The molecular weight excluding hydrogens is 238 g/mol. The van der Waals surface area contributed by atoms with E-state index in [1.54, 1.807) is 0 Å². The van der Waals surface area contributed by atoms with Crippen LogP contribution in [0.2, 0.25) is 0 Å². The molecule has 4 rings (SSSR count). The van der Waals surface area contributed by atoms with E-state index in [1.807, 2.05) is 0 Å². The molecule has 4 heteroatoms. The number of hydrogen-bond acceptors (Lipinski definition) is 4. The second-order valence-electron chi connectivity index (χ2n) is 5.85. The average Bonchev–Trinajstić information content (AvgIpc) is 3.02. The standard InChI is InChI=1S/C15H17N3O/c1-15(6-7-15)14-17-13(19-18-14)12-4-2-3-10-9-16-8-5-11(10)12/h2-4,16H,5-9H2,1H3. The monoisotopic (exact) mass is 255 g/mol. The molecule has 0 unspecified atom stereocenters. The predicted molar refractivity (Wildman–Crippen MR) is 71.7 cm³/mol.